The molecule has 0 aliphatic carbocycles. The smallest absolute Gasteiger partial charge is 0.346 e. The van der Waals surface area contributed by atoms with E-state index in [1.54, 1.807) is 0 Å². The molecule has 1 aromatic carbocycles. The minimum atomic E-state index is -0.839. The van der Waals surface area contributed by atoms with Crippen molar-refractivity contribution in [1.29, 1.82) is 0 Å². The molecule has 1 aromatic heterocycles. The minimum Gasteiger partial charge on any atom is -0.477 e. The fraction of sp³-hybridized carbons (Fsp3) is 0.267. The monoisotopic (exact) mass is 275 g/mol. The maximum absolute atomic E-state index is 11.1. The lowest BCUT2D eigenvalue weighted by atomic mass is 10.1. The Kier molecular flexibility index (Phi) is 4.35. The van der Waals surface area contributed by atoms with Crippen molar-refractivity contribution in [3.05, 3.63) is 57.3 Å². The van der Waals surface area contributed by atoms with Crippen LogP contribution in [0.5, 0.6) is 0 Å². The van der Waals surface area contributed by atoms with Gasteiger partial charge < -0.3 is 5.11 Å². The fourth-order valence-corrected chi connectivity index (χ4v) is 2.75. The van der Waals surface area contributed by atoms with Crippen molar-refractivity contribution in [3.8, 4) is 0 Å². The van der Waals surface area contributed by atoms with Crippen molar-refractivity contribution in [1.82, 2.24) is 4.90 Å². The highest BCUT2D eigenvalue weighted by atomic mass is 32.1. The summed E-state index contributed by atoms with van der Waals surface area (Å²) in [6.45, 7) is 3.53. The lowest BCUT2D eigenvalue weighted by Crippen LogP contribution is -2.18. The summed E-state index contributed by atoms with van der Waals surface area (Å²) in [6, 6.07) is 10.3. The van der Waals surface area contributed by atoms with Crippen LogP contribution in [0.15, 0.2) is 35.7 Å². The van der Waals surface area contributed by atoms with Crippen LogP contribution in [-0.2, 0) is 13.1 Å². The molecule has 1 heterocycles. The molecule has 0 radical (unpaired) electrons. The van der Waals surface area contributed by atoms with E-state index < -0.39 is 5.97 Å². The number of benzene rings is 1. The zero-order valence-corrected chi connectivity index (χ0v) is 11.9. The van der Waals surface area contributed by atoms with Crippen molar-refractivity contribution in [2.45, 2.75) is 20.0 Å². The number of aromatic carboxylic acids is 1. The SMILES string of the molecule is Cc1ccc(CN(C)Cc2ccsc2C(=O)O)cc1. The number of carbonyl (C=O) groups is 1. The Morgan fingerprint density at radius 3 is 2.53 bits per heavy atom. The second kappa shape index (κ2) is 5.99. The Morgan fingerprint density at radius 2 is 1.89 bits per heavy atom. The lowest BCUT2D eigenvalue weighted by molar-refractivity contribution is 0.0700. The first kappa shape index (κ1) is 13.8. The van der Waals surface area contributed by atoms with Gasteiger partial charge in [0, 0.05) is 13.1 Å². The number of hydrogen-bond donors (Lipinski definition) is 1. The van der Waals surface area contributed by atoms with Crippen LogP contribution in [0.3, 0.4) is 0 Å². The standard InChI is InChI=1S/C15H17NO2S/c1-11-3-5-12(6-4-11)9-16(2)10-13-7-8-19-14(13)15(17)18/h3-8H,9-10H2,1-2H3,(H,17,18). The molecule has 1 N–H and O–H groups in total. The minimum absolute atomic E-state index is 0.441. The molecule has 0 atom stereocenters. The summed E-state index contributed by atoms with van der Waals surface area (Å²) in [7, 11) is 2.00. The molecule has 19 heavy (non-hydrogen) atoms. The second-order valence-electron chi connectivity index (χ2n) is 4.74. The maximum atomic E-state index is 11.1. The number of carboxylic acid groups (broad SMARTS) is 1. The van der Waals surface area contributed by atoms with E-state index in [4.69, 9.17) is 5.11 Å². The van der Waals surface area contributed by atoms with E-state index in [0.29, 0.717) is 11.4 Å². The molecule has 2 aromatic rings. The number of thiophene rings is 1. The largest absolute Gasteiger partial charge is 0.477 e. The predicted molar refractivity (Wildman–Crippen MR) is 77.6 cm³/mol. The lowest BCUT2D eigenvalue weighted by Gasteiger charge is -2.16. The van der Waals surface area contributed by atoms with Gasteiger partial charge in [-0.05, 0) is 36.5 Å². The average Bonchev–Trinajstić information content (AvgIpc) is 2.80. The van der Waals surface area contributed by atoms with E-state index in [1.165, 1.54) is 22.5 Å². The van der Waals surface area contributed by atoms with Gasteiger partial charge in [0.05, 0.1) is 0 Å². The Morgan fingerprint density at radius 1 is 1.21 bits per heavy atom. The molecule has 4 heteroatoms. The van der Waals surface area contributed by atoms with Gasteiger partial charge in [-0.15, -0.1) is 11.3 Å². The van der Waals surface area contributed by atoms with Gasteiger partial charge in [-0.1, -0.05) is 29.8 Å². The third-order valence-corrected chi connectivity index (χ3v) is 3.90. The summed E-state index contributed by atoms with van der Waals surface area (Å²) in [6.07, 6.45) is 0. The maximum Gasteiger partial charge on any atom is 0.346 e. The normalized spacial score (nSPS) is 10.9. The van der Waals surface area contributed by atoms with Crippen LogP contribution >= 0.6 is 11.3 Å². The van der Waals surface area contributed by atoms with Crippen LogP contribution in [0.25, 0.3) is 0 Å². The highest BCUT2D eigenvalue weighted by Gasteiger charge is 2.13. The number of hydrogen-bond acceptors (Lipinski definition) is 3. The molecular weight excluding hydrogens is 258 g/mol. The summed E-state index contributed by atoms with van der Waals surface area (Å²) >= 11 is 1.28. The molecule has 0 saturated heterocycles. The quantitative estimate of drug-likeness (QED) is 0.909. The molecule has 100 valence electrons. The number of carboxylic acids is 1. The van der Waals surface area contributed by atoms with E-state index in [1.807, 2.05) is 18.5 Å². The van der Waals surface area contributed by atoms with Crippen molar-refractivity contribution >= 4 is 17.3 Å². The zero-order valence-electron chi connectivity index (χ0n) is 11.1. The van der Waals surface area contributed by atoms with Gasteiger partial charge in [-0.25, -0.2) is 4.79 Å². The van der Waals surface area contributed by atoms with Crippen molar-refractivity contribution < 1.29 is 9.90 Å². The van der Waals surface area contributed by atoms with E-state index in [2.05, 4.69) is 36.1 Å². The first-order valence-corrected chi connectivity index (χ1v) is 6.98. The van der Waals surface area contributed by atoms with Gasteiger partial charge in [-0.3, -0.25) is 4.90 Å². The summed E-state index contributed by atoms with van der Waals surface area (Å²) < 4.78 is 0. The molecule has 0 aliphatic heterocycles. The molecule has 2 rings (SSSR count). The highest BCUT2D eigenvalue weighted by Crippen LogP contribution is 2.19. The second-order valence-corrected chi connectivity index (χ2v) is 5.65. The van der Waals surface area contributed by atoms with Crippen LogP contribution < -0.4 is 0 Å². The first-order valence-electron chi connectivity index (χ1n) is 6.10. The summed E-state index contributed by atoms with van der Waals surface area (Å²) in [4.78, 5) is 13.6. The molecule has 0 saturated carbocycles. The van der Waals surface area contributed by atoms with Crippen molar-refractivity contribution in [3.63, 3.8) is 0 Å². The van der Waals surface area contributed by atoms with Gasteiger partial charge in [-0.2, -0.15) is 0 Å². The summed E-state index contributed by atoms with van der Waals surface area (Å²) in [5.41, 5.74) is 3.37. The van der Waals surface area contributed by atoms with Crippen LogP contribution in [0.4, 0.5) is 0 Å². The van der Waals surface area contributed by atoms with E-state index >= 15 is 0 Å². The zero-order chi connectivity index (χ0) is 13.8. The van der Waals surface area contributed by atoms with Crippen LogP contribution in [-0.4, -0.2) is 23.0 Å². The van der Waals surface area contributed by atoms with Crippen LogP contribution in [0.1, 0.15) is 26.4 Å². The number of aryl methyl sites for hydroxylation is 1. The molecule has 0 fully saturated rings. The van der Waals surface area contributed by atoms with Crippen molar-refractivity contribution in [2.24, 2.45) is 0 Å². The number of rotatable bonds is 5. The molecule has 0 aliphatic rings. The molecule has 0 amide bonds. The third kappa shape index (κ3) is 3.66. The third-order valence-electron chi connectivity index (χ3n) is 2.95. The van der Waals surface area contributed by atoms with E-state index in [-0.39, 0.29) is 0 Å². The first-order chi connectivity index (χ1) is 9.06. The molecule has 3 nitrogen and oxygen atoms in total. The molecule has 0 spiro atoms. The van der Waals surface area contributed by atoms with Crippen molar-refractivity contribution in [2.75, 3.05) is 7.05 Å². The van der Waals surface area contributed by atoms with Gasteiger partial charge in [0.15, 0.2) is 0 Å². The average molecular weight is 275 g/mol. The number of nitrogens with zero attached hydrogens (tertiary/aromatic N) is 1. The fourth-order valence-electron chi connectivity index (χ4n) is 2.00. The molecular formula is C15H17NO2S. The highest BCUT2D eigenvalue weighted by molar-refractivity contribution is 7.12. The molecule has 0 bridgehead atoms. The van der Waals surface area contributed by atoms with E-state index in [0.717, 1.165) is 12.1 Å². The Bertz CT molecular complexity index is 560. The van der Waals surface area contributed by atoms with Gasteiger partial charge in [0.1, 0.15) is 4.88 Å². The topological polar surface area (TPSA) is 40.5 Å². The Hall–Kier alpha value is -1.65. The predicted octanol–water partition coefficient (Wildman–Crippen LogP) is 3.39. The van der Waals surface area contributed by atoms with Crippen LogP contribution in [0.2, 0.25) is 0 Å². The Labute approximate surface area is 117 Å². The van der Waals surface area contributed by atoms with Gasteiger partial charge in [0.25, 0.3) is 0 Å². The van der Waals surface area contributed by atoms with Crippen LogP contribution in [0, 0.1) is 6.92 Å². The van der Waals surface area contributed by atoms with E-state index in [9.17, 15) is 4.79 Å². The summed E-state index contributed by atoms with van der Waals surface area (Å²) in [5.74, 6) is -0.839. The molecule has 0 unspecified atom stereocenters. The Balaban J connectivity index is 2.01. The van der Waals surface area contributed by atoms with Gasteiger partial charge >= 0.3 is 5.97 Å². The summed E-state index contributed by atoms with van der Waals surface area (Å²) in [5, 5.41) is 10.9. The van der Waals surface area contributed by atoms with Gasteiger partial charge in [0.2, 0.25) is 0 Å².